The summed E-state index contributed by atoms with van der Waals surface area (Å²) in [6.45, 7) is 6.80. The number of nitrogens with one attached hydrogen (secondary N) is 1. The van der Waals surface area contributed by atoms with E-state index in [2.05, 4.69) is 18.8 Å². The first kappa shape index (κ1) is 13.5. The maximum absolute atomic E-state index is 10.9. The molecule has 2 aromatic rings. The number of carboxylic acid groups (broad SMARTS) is 1. The van der Waals surface area contributed by atoms with Crippen molar-refractivity contribution < 1.29 is 14.8 Å². The van der Waals surface area contributed by atoms with Gasteiger partial charge in [0.15, 0.2) is 5.82 Å². The van der Waals surface area contributed by atoms with Crippen molar-refractivity contribution in [1.29, 1.82) is 0 Å². The Labute approximate surface area is 112 Å². The van der Waals surface area contributed by atoms with Crippen LogP contribution in [0.4, 0.5) is 0 Å². The van der Waals surface area contributed by atoms with Crippen LogP contribution < -0.4 is 10.0 Å². The Balaban J connectivity index is 2.43. The number of fused-ring (bicyclic) bond motifs is 1. The fourth-order valence-corrected chi connectivity index (χ4v) is 2.29. The molecule has 5 heteroatoms. The lowest BCUT2D eigenvalue weighted by molar-refractivity contribution is -0.911. The lowest BCUT2D eigenvalue weighted by Crippen LogP contribution is -3.10. The van der Waals surface area contributed by atoms with Crippen LogP contribution in [-0.2, 0) is 17.9 Å². The Hall–Kier alpha value is -1.88. The third kappa shape index (κ3) is 2.93. The maximum Gasteiger partial charge on any atom is 0.165 e. The zero-order valence-electron chi connectivity index (χ0n) is 11.3. The molecule has 0 spiro atoms. The molecule has 2 rings (SSSR count). The number of carbonyl (C=O) groups is 1. The molecule has 0 radical (unpaired) electrons. The minimum absolute atomic E-state index is 0.142. The molecule has 1 N–H and O–H groups in total. The van der Waals surface area contributed by atoms with Gasteiger partial charge >= 0.3 is 0 Å². The van der Waals surface area contributed by atoms with Gasteiger partial charge in [0.25, 0.3) is 0 Å². The van der Waals surface area contributed by atoms with Crippen molar-refractivity contribution in [2.24, 2.45) is 0 Å². The number of nitrogens with zero attached hydrogens (tertiary/aromatic N) is 2. The smallest absolute Gasteiger partial charge is 0.165 e. The Morgan fingerprint density at radius 2 is 2.00 bits per heavy atom. The predicted octanol–water partition coefficient (Wildman–Crippen LogP) is -0.789. The standard InChI is InChI=1S/C14H19N3O2/c1-3-16(4-2)9-13-15-11-7-5-6-8-12(11)17(13)10-14(18)19/h5-8H,3-4,9-10H2,1-2H3,(H,18,19). The van der Waals surface area contributed by atoms with Gasteiger partial charge in [-0.3, -0.25) is 0 Å². The summed E-state index contributed by atoms with van der Waals surface area (Å²) >= 11 is 0. The largest absolute Gasteiger partial charge is 0.548 e. The van der Waals surface area contributed by atoms with Crippen LogP contribution in [0.25, 0.3) is 11.0 Å². The van der Waals surface area contributed by atoms with Crippen LogP contribution in [0.1, 0.15) is 19.7 Å². The Morgan fingerprint density at radius 1 is 1.32 bits per heavy atom. The first-order valence-electron chi connectivity index (χ1n) is 6.63. The van der Waals surface area contributed by atoms with E-state index in [1.165, 1.54) is 4.90 Å². The Morgan fingerprint density at radius 3 is 2.63 bits per heavy atom. The summed E-state index contributed by atoms with van der Waals surface area (Å²) < 4.78 is 1.75. The summed E-state index contributed by atoms with van der Waals surface area (Å²) in [5, 5.41) is 10.9. The van der Waals surface area contributed by atoms with E-state index in [0.717, 1.165) is 36.5 Å². The van der Waals surface area contributed by atoms with E-state index >= 15 is 0 Å². The summed E-state index contributed by atoms with van der Waals surface area (Å²) in [4.78, 5) is 16.8. The Kier molecular flexibility index (Phi) is 4.16. The number of carboxylic acids is 1. The molecule has 5 nitrogen and oxygen atoms in total. The highest BCUT2D eigenvalue weighted by molar-refractivity contribution is 5.77. The normalized spacial score (nSPS) is 11.3. The molecule has 0 aliphatic carbocycles. The topological polar surface area (TPSA) is 62.4 Å². The first-order chi connectivity index (χ1) is 9.15. The molecule has 0 atom stereocenters. The molecule has 102 valence electrons. The molecule has 1 aromatic heterocycles. The van der Waals surface area contributed by atoms with E-state index < -0.39 is 5.97 Å². The van der Waals surface area contributed by atoms with E-state index in [1.54, 1.807) is 4.57 Å². The number of hydrogen-bond acceptors (Lipinski definition) is 3. The van der Waals surface area contributed by atoms with Gasteiger partial charge in [0.2, 0.25) is 0 Å². The fourth-order valence-electron chi connectivity index (χ4n) is 2.29. The molecule has 19 heavy (non-hydrogen) atoms. The molecular formula is C14H19N3O2. The third-order valence-corrected chi connectivity index (χ3v) is 3.43. The van der Waals surface area contributed by atoms with Gasteiger partial charge in [-0.05, 0) is 26.0 Å². The number of aliphatic carboxylic acids is 1. The second-order valence-corrected chi connectivity index (χ2v) is 4.61. The molecule has 0 aliphatic rings. The summed E-state index contributed by atoms with van der Waals surface area (Å²) in [5.74, 6) is -0.275. The minimum Gasteiger partial charge on any atom is -0.548 e. The van der Waals surface area contributed by atoms with Gasteiger partial charge in [0.05, 0.1) is 36.6 Å². The average molecular weight is 261 g/mol. The van der Waals surface area contributed by atoms with Crippen LogP contribution in [0, 0.1) is 0 Å². The number of carbonyl (C=O) groups excluding carboxylic acids is 1. The van der Waals surface area contributed by atoms with Gasteiger partial charge in [-0.2, -0.15) is 0 Å². The number of benzene rings is 1. The monoisotopic (exact) mass is 261 g/mol. The molecule has 1 heterocycles. The molecule has 1 aromatic carbocycles. The van der Waals surface area contributed by atoms with Crippen molar-refractivity contribution in [3.63, 3.8) is 0 Å². The summed E-state index contributed by atoms with van der Waals surface area (Å²) in [7, 11) is 0. The van der Waals surface area contributed by atoms with Gasteiger partial charge in [0, 0.05) is 0 Å². The average Bonchev–Trinajstić information content (AvgIpc) is 2.73. The zero-order valence-corrected chi connectivity index (χ0v) is 11.3. The molecule has 0 saturated heterocycles. The number of hydrogen-bond donors (Lipinski definition) is 1. The van der Waals surface area contributed by atoms with Gasteiger partial charge in [0.1, 0.15) is 6.54 Å². The molecule has 0 amide bonds. The quantitative estimate of drug-likeness (QED) is 0.741. The number of imidazole rings is 1. The third-order valence-electron chi connectivity index (χ3n) is 3.43. The number of quaternary nitrogens is 1. The van der Waals surface area contributed by atoms with Crippen LogP contribution in [0.15, 0.2) is 24.3 Å². The molecule has 0 fully saturated rings. The summed E-state index contributed by atoms with van der Waals surface area (Å²) in [6, 6.07) is 7.60. The van der Waals surface area contributed by atoms with Crippen molar-refractivity contribution in [3.8, 4) is 0 Å². The minimum atomic E-state index is -1.08. The highest BCUT2D eigenvalue weighted by Gasteiger charge is 2.14. The molecule has 0 unspecified atom stereocenters. The SMILES string of the molecule is CC[NH+](CC)Cc1nc2ccccc2n1CC(=O)[O-]. The summed E-state index contributed by atoms with van der Waals surface area (Å²) in [5.41, 5.74) is 1.69. The summed E-state index contributed by atoms with van der Waals surface area (Å²) in [6.07, 6.45) is 0. The van der Waals surface area contributed by atoms with Gasteiger partial charge in [-0.15, -0.1) is 0 Å². The van der Waals surface area contributed by atoms with E-state index in [0.29, 0.717) is 0 Å². The second-order valence-electron chi connectivity index (χ2n) is 4.61. The Bertz CT molecular complexity index is 573. The first-order valence-corrected chi connectivity index (χ1v) is 6.63. The predicted molar refractivity (Wildman–Crippen MR) is 70.5 cm³/mol. The van der Waals surface area contributed by atoms with Crippen LogP contribution in [-0.4, -0.2) is 28.6 Å². The van der Waals surface area contributed by atoms with E-state index in [1.807, 2.05) is 24.3 Å². The van der Waals surface area contributed by atoms with Gasteiger partial charge < -0.3 is 19.4 Å². The van der Waals surface area contributed by atoms with Crippen molar-refractivity contribution in [3.05, 3.63) is 30.1 Å². The molecule has 0 aliphatic heterocycles. The lowest BCUT2D eigenvalue weighted by atomic mass is 10.3. The van der Waals surface area contributed by atoms with Crippen LogP contribution in [0.2, 0.25) is 0 Å². The molecule has 0 bridgehead atoms. The lowest BCUT2D eigenvalue weighted by Gasteiger charge is -2.16. The van der Waals surface area contributed by atoms with Crippen LogP contribution in [0.5, 0.6) is 0 Å². The fraction of sp³-hybridized carbons (Fsp3) is 0.429. The van der Waals surface area contributed by atoms with E-state index in [9.17, 15) is 9.90 Å². The van der Waals surface area contributed by atoms with E-state index in [4.69, 9.17) is 0 Å². The highest BCUT2D eigenvalue weighted by Crippen LogP contribution is 2.15. The van der Waals surface area contributed by atoms with E-state index in [-0.39, 0.29) is 6.54 Å². The molecular weight excluding hydrogens is 242 g/mol. The van der Waals surface area contributed by atoms with Gasteiger partial charge in [-0.1, -0.05) is 12.1 Å². The van der Waals surface area contributed by atoms with Crippen LogP contribution in [0.3, 0.4) is 0 Å². The van der Waals surface area contributed by atoms with Crippen molar-refractivity contribution >= 4 is 17.0 Å². The number of rotatable bonds is 6. The zero-order chi connectivity index (χ0) is 13.8. The molecule has 0 saturated carbocycles. The number of aromatic nitrogens is 2. The second kappa shape index (κ2) is 5.84. The highest BCUT2D eigenvalue weighted by atomic mass is 16.4. The maximum atomic E-state index is 10.9. The van der Waals surface area contributed by atoms with Crippen molar-refractivity contribution in [2.45, 2.75) is 26.9 Å². The van der Waals surface area contributed by atoms with Crippen molar-refractivity contribution in [2.75, 3.05) is 13.1 Å². The number of para-hydroxylation sites is 2. The van der Waals surface area contributed by atoms with Crippen molar-refractivity contribution in [1.82, 2.24) is 9.55 Å². The van der Waals surface area contributed by atoms with Crippen LogP contribution >= 0.6 is 0 Å². The van der Waals surface area contributed by atoms with Gasteiger partial charge in [-0.25, -0.2) is 4.98 Å².